The summed E-state index contributed by atoms with van der Waals surface area (Å²) in [6, 6.07) is 8.31. The Morgan fingerprint density at radius 2 is 2.07 bits per heavy atom. The van der Waals surface area contributed by atoms with Gasteiger partial charge in [-0.3, -0.25) is 4.79 Å². The van der Waals surface area contributed by atoms with Crippen LogP contribution in [0.1, 0.15) is 37.0 Å². The Balaban J connectivity index is 2.13. The minimum Gasteiger partial charge on any atom is -0.457 e. The number of esters is 1. The van der Waals surface area contributed by atoms with Gasteiger partial charge >= 0.3 is 5.97 Å². The van der Waals surface area contributed by atoms with Crippen molar-refractivity contribution in [1.82, 2.24) is 0 Å². The molecule has 74 valence electrons. The molecular weight excluding hydrogens is 176 g/mol. The summed E-state index contributed by atoms with van der Waals surface area (Å²) in [5, 5.41) is 0. The van der Waals surface area contributed by atoms with Crippen molar-refractivity contribution in [1.29, 1.82) is 0 Å². The van der Waals surface area contributed by atoms with Crippen LogP contribution in [-0.4, -0.2) is 5.97 Å². The van der Waals surface area contributed by atoms with Crippen molar-refractivity contribution in [2.45, 2.75) is 32.3 Å². The van der Waals surface area contributed by atoms with Crippen molar-refractivity contribution in [2.75, 3.05) is 0 Å². The molecule has 1 heterocycles. The number of carbonyl (C=O) groups is 1. The first kappa shape index (κ1) is 9.25. The van der Waals surface area contributed by atoms with Crippen LogP contribution >= 0.6 is 0 Å². The Morgan fingerprint density at radius 3 is 2.57 bits per heavy atom. The SMILES string of the molecule is CCc1ccc([C@@H]2CCC(=O)O2)cc1. The lowest BCUT2D eigenvalue weighted by Gasteiger charge is -2.09. The Kier molecular flexibility index (Phi) is 2.53. The molecule has 2 heteroatoms. The minimum atomic E-state index is -0.0745. The topological polar surface area (TPSA) is 26.3 Å². The molecule has 0 saturated carbocycles. The molecule has 0 spiro atoms. The highest BCUT2D eigenvalue weighted by Gasteiger charge is 2.24. The van der Waals surface area contributed by atoms with E-state index in [0.29, 0.717) is 6.42 Å². The fraction of sp³-hybridized carbons (Fsp3) is 0.417. The normalized spacial score (nSPS) is 20.9. The van der Waals surface area contributed by atoms with Crippen LogP contribution in [-0.2, 0) is 16.0 Å². The lowest BCUT2D eigenvalue weighted by atomic mass is 10.0. The second kappa shape index (κ2) is 3.82. The van der Waals surface area contributed by atoms with Crippen molar-refractivity contribution < 1.29 is 9.53 Å². The van der Waals surface area contributed by atoms with Gasteiger partial charge in [0.15, 0.2) is 0 Å². The summed E-state index contributed by atoms with van der Waals surface area (Å²) < 4.78 is 5.18. The molecule has 1 aromatic rings. The average molecular weight is 190 g/mol. The molecule has 0 aliphatic carbocycles. The third kappa shape index (κ3) is 1.79. The van der Waals surface area contributed by atoms with Crippen molar-refractivity contribution in [3.63, 3.8) is 0 Å². The third-order valence-corrected chi connectivity index (χ3v) is 2.64. The van der Waals surface area contributed by atoms with E-state index >= 15 is 0 Å². The monoisotopic (exact) mass is 190 g/mol. The van der Waals surface area contributed by atoms with Crippen molar-refractivity contribution in [2.24, 2.45) is 0 Å². The standard InChI is InChI=1S/C12H14O2/c1-2-9-3-5-10(6-4-9)11-7-8-12(13)14-11/h3-6,11H,2,7-8H2,1H3/t11-/m0/s1. The summed E-state index contributed by atoms with van der Waals surface area (Å²) in [6.07, 6.45) is 2.42. The van der Waals surface area contributed by atoms with Gasteiger partial charge in [-0.2, -0.15) is 0 Å². The number of aryl methyl sites for hydroxylation is 1. The number of hydrogen-bond acceptors (Lipinski definition) is 2. The second-order valence-electron chi connectivity index (χ2n) is 3.61. The van der Waals surface area contributed by atoms with Crippen molar-refractivity contribution >= 4 is 5.97 Å². The number of carbonyl (C=O) groups excluding carboxylic acids is 1. The van der Waals surface area contributed by atoms with E-state index in [1.807, 2.05) is 0 Å². The molecule has 1 aliphatic rings. The molecule has 1 aliphatic heterocycles. The lowest BCUT2D eigenvalue weighted by Crippen LogP contribution is -1.98. The largest absolute Gasteiger partial charge is 0.457 e. The summed E-state index contributed by atoms with van der Waals surface area (Å²) >= 11 is 0. The van der Waals surface area contributed by atoms with E-state index in [4.69, 9.17) is 4.74 Å². The van der Waals surface area contributed by atoms with Gasteiger partial charge in [0.1, 0.15) is 6.10 Å². The van der Waals surface area contributed by atoms with Gasteiger partial charge in [0, 0.05) is 6.42 Å². The average Bonchev–Trinajstić information content (AvgIpc) is 2.65. The maximum absolute atomic E-state index is 10.9. The second-order valence-corrected chi connectivity index (χ2v) is 3.61. The molecule has 0 unspecified atom stereocenters. The molecule has 0 aromatic heterocycles. The van der Waals surface area contributed by atoms with Crippen LogP contribution in [0.25, 0.3) is 0 Å². The fourth-order valence-electron chi connectivity index (χ4n) is 1.73. The molecule has 0 amide bonds. The van der Waals surface area contributed by atoms with Crippen molar-refractivity contribution in [3.8, 4) is 0 Å². The highest BCUT2D eigenvalue weighted by Crippen LogP contribution is 2.29. The zero-order valence-corrected chi connectivity index (χ0v) is 8.32. The fourth-order valence-corrected chi connectivity index (χ4v) is 1.73. The zero-order chi connectivity index (χ0) is 9.97. The van der Waals surface area contributed by atoms with Gasteiger partial charge in [0.2, 0.25) is 0 Å². The van der Waals surface area contributed by atoms with Crippen LogP contribution in [0.3, 0.4) is 0 Å². The van der Waals surface area contributed by atoms with Gasteiger partial charge in [-0.1, -0.05) is 31.2 Å². The zero-order valence-electron chi connectivity index (χ0n) is 8.32. The summed E-state index contributed by atoms with van der Waals surface area (Å²) in [5.41, 5.74) is 2.44. The van der Waals surface area contributed by atoms with E-state index in [2.05, 4.69) is 31.2 Å². The Hall–Kier alpha value is -1.31. The molecule has 2 nitrogen and oxygen atoms in total. The van der Waals surface area contributed by atoms with Gasteiger partial charge in [-0.15, -0.1) is 0 Å². The Morgan fingerprint density at radius 1 is 1.36 bits per heavy atom. The van der Waals surface area contributed by atoms with E-state index in [1.54, 1.807) is 0 Å². The van der Waals surface area contributed by atoms with Crippen molar-refractivity contribution in [3.05, 3.63) is 35.4 Å². The van der Waals surface area contributed by atoms with Crippen LogP contribution in [0.2, 0.25) is 0 Å². The number of ether oxygens (including phenoxy) is 1. The lowest BCUT2D eigenvalue weighted by molar-refractivity contribution is -0.141. The Bertz CT molecular complexity index is 327. The molecule has 14 heavy (non-hydrogen) atoms. The van der Waals surface area contributed by atoms with Gasteiger partial charge < -0.3 is 4.74 Å². The first-order valence-corrected chi connectivity index (χ1v) is 5.08. The predicted molar refractivity (Wildman–Crippen MR) is 53.9 cm³/mol. The highest BCUT2D eigenvalue weighted by molar-refractivity contribution is 5.71. The third-order valence-electron chi connectivity index (χ3n) is 2.64. The van der Waals surface area contributed by atoms with E-state index in [-0.39, 0.29) is 12.1 Å². The quantitative estimate of drug-likeness (QED) is 0.670. The number of cyclic esters (lactones) is 1. The van der Waals surface area contributed by atoms with Crippen LogP contribution in [0, 0.1) is 0 Å². The van der Waals surface area contributed by atoms with E-state index in [0.717, 1.165) is 18.4 Å². The number of benzene rings is 1. The highest BCUT2D eigenvalue weighted by atomic mass is 16.5. The molecule has 1 atom stereocenters. The van der Waals surface area contributed by atoms with E-state index < -0.39 is 0 Å². The summed E-state index contributed by atoms with van der Waals surface area (Å²) in [4.78, 5) is 10.9. The molecule has 0 N–H and O–H groups in total. The molecule has 2 rings (SSSR count). The molecule has 1 aromatic carbocycles. The Labute approximate surface area is 83.9 Å². The van der Waals surface area contributed by atoms with Crippen LogP contribution in [0.4, 0.5) is 0 Å². The maximum Gasteiger partial charge on any atom is 0.306 e. The summed E-state index contributed by atoms with van der Waals surface area (Å²) in [5.74, 6) is -0.0745. The smallest absolute Gasteiger partial charge is 0.306 e. The van der Waals surface area contributed by atoms with Gasteiger partial charge in [-0.05, 0) is 24.0 Å². The molecular formula is C12H14O2. The first-order valence-electron chi connectivity index (χ1n) is 5.08. The van der Waals surface area contributed by atoms with E-state index in [9.17, 15) is 4.79 Å². The van der Waals surface area contributed by atoms with Crippen LogP contribution in [0.15, 0.2) is 24.3 Å². The summed E-state index contributed by atoms with van der Waals surface area (Å²) in [7, 11) is 0. The molecule has 0 bridgehead atoms. The van der Waals surface area contributed by atoms with Gasteiger partial charge in [0.05, 0.1) is 0 Å². The summed E-state index contributed by atoms with van der Waals surface area (Å²) in [6.45, 7) is 2.13. The number of rotatable bonds is 2. The molecule has 1 saturated heterocycles. The van der Waals surface area contributed by atoms with Crippen LogP contribution < -0.4 is 0 Å². The van der Waals surface area contributed by atoms with E-state index in [1.165, 1.54) is 5.56 Å². The molecule has 1 fully saturated rings. The first-order chi connectivity index (χ1) is 6.79. The predicted octanol–water partition coefficient (Wildman–Crippen LogP) is 2.63. The minimum absolute atomic E-state index is 0.00611. The number of hydrogen-bond donors (Lipinski definition) is 0. The molecule has 0 radical (unpaired) electrons. The maximum atomic E-state index is 10.9. The van der Waals surface area contributed by atoms with Gasteiger partial charge in [-0.25, -0.2) is 0 Å². The van der Waals surface area contributed by atoms with Gasteiger partial charge in [0.25, 0.3) is 0 Å². The van der Waals surface area contributed by atoms with Crippen LogP contribution in [0.5, 0.6) is 0 Å².